The van der Waals surface area contributed by atoms with Gasteiger partial charge in [0.25, 0.3) is 0 Å². The summed E-state index contributed by atoms with van der Waals surface area (Å²) in [5.41, 5.74) is 5.49. The van der Waals surface area contributed by atoms with Gasteiger partial charge in [0.1, 0.15) is 11.6 Å². The van der Waals surface area contributed by atoms with Crippen LogP contribution in [0.4, 0.5) is 10.2 Å². The van der Waals surface area contributed by atoms with E-state index >= 15 is 0 Å². The predicted octanol–water partition coefficient (Wildman–Crippen LogP) is 1.39. The lowest BCUT2D eigenvalue weighted by atomic mass is 10.3. The fourth-order valence-corrected chi connectivity index (χ4v) is 1.31. The Morgan fingerprint density at radius 1 is 1.50 bits per heavy atom. The van der Waals surface area contributed by atoms with Crippen LogP contribution in [0.5, 0.6) is 0 Å². The molecule has 4 heteroatoms. The monoisotopic (exact) mass is 197 g/mol. The van der Waals surface area contributed by atoms with Gasteiger partial charge in [-0.2, -0.15) is 0 Å². The molecule has 78 valence electrons. The highest BCUT2D eigenvalue weighted by Gasteiger charge is 2.10. The zero-order valence-electron chi connectivity index (χ0n) is 8.57. The molecule has 1 heterocycles. The molecule has 0 atom stereocenters. The topological polar surface area (TPSA) is 42.1 Å². The first kappa shape index (κ1) is 10.9. The lowest BCUT2D eigenvalue weighted by Gasteiger charge is -2.27. The molecule has 2 N–H and O–H groups in total. The average molecular weight is 197 g/mol. The van der Waals surface area contributed by atoms with E-state index in [9.17, 15) is 4.39 Å². The van der Waals surface area contributed by atoms with Crippen LogP contribution in [-0.4, -0.2) is 24.1 Å². The van der Waals surface area contributed by atoms with Gasteiger partial charge in [-0.25, -0.2) is 9.37 Å². The van der Waals surface area contributed by atoms with E-state index in [4.69, 9.17) is 5.73 Å². The zero-order chi connectivity index (χ0) is 10.6. The molecule has 0 aliphatic carbocycles. The van der Waals surface area contributed by atoms with E-state index < -0.39 is 0 Å². The lowest BCUT2D eigenvalue weighted by molar-refractivity contribution is 0.616. The molecule has 1 rings (SSSR count). The van der Waals surface area contributed by atoms with Crippen molar-refractivity contribution in [1.82, 2.24) is 4.98 Å². The van der Waals surface area contributed by atoms with Gasteiger partial charge >= 0.3 is 0 Å². The molecule has 0 spiro atoms. The number of rotatable bonds is 4. The molecule has 14 heavy (non-hydrogen) atoms. The molecule has 1 aromatic heterocycles. The summed E-state index contributed by atoms with van der Waals surface area (Å²) in [7, 11) is 0. The van der Waals surface area contributed by atoms with E-state index in [0.29, 0.717) is 12.6 Å². The standard InChI is InChI=1S/C10H16FN3/c1-8(2)14(6-5-12)10-4-3-9(11)7-13-10/h3-4,7-8H,5-6,12H2,1-2H3. The number of nitrogens with two attached hydrogens (primary N) is 1. The second-order valence-electron chi connectivity index (χ2n) is 3.41. The van der Waals surface area contributed by atoms with Gasteiger partial charge in [0.2, 0.25) is 0 Å². The van der Waals surface area contributed by atoms with Crippen LogP contribution in [0.25, 0.3) is 0 Å². The van der Waals surface area contributed by atoms with Gasteiger partial charge < -0.3 is 10.6 Å². The van der Waals surface area contributed by atoms with Crippen LogP contribution in [0, 0.1) is 5.82 Å². The largest absolute Gasteiger partial charge is 0.353 e. The van der Waals surface area contributed by atoms with E-state index in [2.05, 4.69) is 18.8 Å². The minimum Gasteiger partial charge on any atom is -0.353 e. The first-order valence-corrected chi connectivity index (χ1v) is 4.73. The van der Waals surface area contributed by atoms with E-state index in [1.54, 1.807) is 6.07 Å². The highest BCUT2D eigenvalue weighted by atomic mass is 19.1. The van der Waals surface area contributed by atoms with Crippen LogP contribution >= 0.6 is 0 Å². The molecule has 0 radical (unpaired) electrons. The number of halogens is 1. The number of hydrogen-bond donors (Lipinski definition) is 1. The summed E-state index contributed by atoms with van der Waals surface area (Å²) in [5, 5.41) is 0. The third-order valence-electron chi connectivity index (χ3n) is 2.00. The quantitative estimate of drug-likeness (QED) is 0.793. The first-order valence-electron chi connectivity index (χ1n) is 4.73. The van der Waals surface area contributed by atoms with Crippen molar-refractivity contribution < 1.29 is 4.39 Å². The maximum Gasteiger partial charge on any atom is 0.141 e. The Morgan fingerprint density at radius 2 is 2.21 bits per heavy atom. The molecule has 0 bridgehead atoms. The Kier molecular flexibility index (Phi) is 3.83. The number of aromatic nitrogens is 1. The fourth-order valence-electron chi connectivity index (χ4n) is 1.31. The summed E-state index contributed by atoms with van der Waals surface area (Å²) in [4.78, 5) is 6.05. The second kappa shape index (κ2) is 4.91. The average Bonchev–Trinajstić information content (AvgIpc) is 2.15. The Bertz CT molecular complexity index is 271. The molecule has 0 unspecified atom stereocenters. The van der Waals surface area contributed by atoms with Crippen molar-refractivity contribution in [3.63, 3.8) is 0 Å². The maximum atomic E-state index is 12.6. The zero-order valence-corrected chi connectivity index (χ0v) is 8.57. The summed E-state index contributed by atoms with van der Waals surface area (Å²) in [6.45, 7) is 5.41. The van der Waals surface area contributed by atoms with Crippen molar-refractivity contribution in [3.8, 4) is 0 Å². The van der Waals surface area contributed by atoms with Crippen LogP contribution in [0.2, 0.25) is 0 Å². The molecule has 0 fully saturated rings. The Balaban J connectivity index is 2.82. The van der Waals surface area contributed by atoms with Crippen molar-refractivity contribution in [2.24, 2.45) is 5.73 Å². The number of nitrogens with zero attached hydrogens (tertiary/aromatic N) is 2. The van der Waals surface area contributed by atoms with E-state index in [0.717, 1.165) is 12.4 Å². The van der Waals surface area contributed by atoms with Crippen molar-refractivity contribution in [1.29, 1.82) is 0 Å². The molecule has 0 aliphatic heterocycles. The van der Waals surface area contributed by atoms with Crippen LogP contribution in [0.15, 0.2) is 18.3 Å². The Hall–Kier alpha value is -1.16. The SMILES string of the molecule is CC(C)N(CCN)c1ccc(F)cn1. The van der Waals surface area contributed by atoms with Crippen LogP contribution in [0.3, 0.4) is 0 Å². The molecule has 3 nitrogen and oxygen atoms in total. The Labute approximate surface area is 83.7 Å². The van der Waals surface area contributed by atoms with E-state index in [1.165, 1.54) is 12.3 Å². The first-order chi connectivity index (χ1) is 6.65. The molecule has 0 saturated heterocycles. The van der Waals surface area contributed by atoms with Crippen molar-refractivity contribution in [2.45, 2.75) is 19.9 Å². The summed E-state index contributed by atoms with van der Waals surface area (Å²) in [6, 6.07) is 3.40. The predicted molar refractivity (Wildman–Crippen MR) is 55.7 cm³/mol. The molecule has 0 saturated carbocycles. The highest BCUT2D eigenvalue weighted by molar-refractivity contribution is 5.38. The van der Waals surface area contributed by atoms with Gasteiger partial charge in [-0.15, -0.1) is 0 Å². The van der Waals surface area contributed by atoms with Crippen molar-refractivity contribution in [2.75, 3.05) is 18.0 Å². The van der Waals surface area contributed by atoms with E-state index in [1.807, 2.05) is 4.90 Å². The lowest BCUT2D eigenvalue weighted by Crippen LogP contribution is -2.35. The molecule has 0 aliphatic rings. The summed E-state index contributed by atoms with van der Waals surface area (Å²) >= 11 is 0. The molecule has 0 amide bonds. The summed E-state index contributed by atoms with van der Waals surface area (Å²) < 4.78 is 12.6. The molecular weight excluding hydrogens is 181 g/mol. The molecule has 1 aromatic rings. The van der Waals surface area contributed by atoms with E-state index in [-0.39, 0.29) is 5.82 Å². The molecular formula is C10H16FN3. The van der Waals surface area contributed by atoms with Gasteiger partial charge in [0.15, 0.2) is 0 Å². The third-order valence-corrected chi connectivity index (χ3v) is 2.00. The number of pyridine rings is 1. The smallest absolute Gasteiger partial charge is 0.141 e. The maximum absolute atomic E-state index is 12.6. The highest BCUT2D eigenvalue weighted by Crippen LogP contribution is 2.13. The summed E-state index contributed by atoms with van der Waals surface area (Å²) in [5.74, 6) is 0.456. The third kappa shape index (κ3) is 2.67. The number of anilines is 1. The fraction of sp³-hybridized carbons (Fsp3) is 0.500. The summed E-state index contributed by atoms with van der Waals surface area (Å²) in [6.07, 6.45) is 1.22. The Morgan fingerprint density at radius 3 is 2.64 bits per heavy atom. The van der Waals surface area contributed by atoms with Crippen LogP contribution in [-0.2, 0) is 0 Å². The van der Waals surface area contributed by atoms with Gasteiger partial charge in [-0.1, -0.05) is 0 Å². The van der Waals surface area contributed by atoms with Gasteiger partial charge in [0.05, 0.1) is 6.20 Å². The van der Waals surface area contributed by atoms with Gasteiger partial charge in [-0.3, -0.25) is 0 Å². The van der Waals surface area contributed by atoms with Gasteiger partial charge in [-0.05, 0) is 26.0 Å². The number of hydrogen-bond acceptors (Lipinski definition) is 3. The molecule has 0 aromatic carbocycles. The van der Waals surface area contributed by atoms with Crippen LogP contribution < -0.4 is 10.6 Å². The minimum atomic E-state index is -0.315. The van der Waals surface area contributed by atoms with Crippen molar-refractivity contribution >= 4 is 5.82 Å². The van der Waals surface area contributed by atoms with Crippen molar-refractivity contribution in [3.05, 3.63) is 24.1 Å². The normalized spacial score (nSPS) is 10.6. The van der Waals surface area contributed by atoms with Gasteiger partial charge in [0, 0.05) is 19.1 Å². The minimum absolute atomic E-state index is 0.315. The second-order valence-corrected chi connectivity index (χ2v) is 3.41. The van der Waals surface area contributed by atoms with Crippen LogP contribution in [0.1, 0.15) is 13.8 Å².